The number of morpholine rings is 1. The predicted molar refractivity (Wildman–Crippen MR) is 89.5 cm³/mol. The van der Waals surface area contributed by atoms with Gasteiger partial charge in [-0.1, -0.05) is 30.7 Å². The van der Waals surface area contributed by atoms with E-state index in [-0.39, 0.29) is 30.5 Å². The van der Waals surface area contributed by atoms with Crippen molar-refractivity contribution < 1.29 is 9.53 Å². The summed E-state index contributed by atoms with van der Waals surface area (Å²) in [4.78, 5) is 12.4. The maximum atomic E-state index is 12.4. The van der Waals surface area contributed by atoms with Crippen LogP contribution in [0.15, 0.2) is 24.3 Å². The number of carbonyl (C=O) groups excluding carboxylic acids is 1. The molecule has 6 heteroatoms. The van der Waals surface area contributed by atoms with Crippen LogP contribution in [-0.2, 0) is 9.53 Å². The van der Waals surface area contributed by atoms with Crippen molar-refractivity contribution in [3.8, 4) is 0 Å². The van der Waals surface area contributed by atoms with Crippen molar-refractivity contribution in [1.29, 1.82) is 0 Å². The van der Waals surface area contributed by atoms with Gasteiger partial charge < -0.3 is 15.4 Å². The minimum atomic E-state index is -0.386. The quantitative estimate of drug-likeness (QED) is 0.882. The SMILES string of the molecule is CC1CC1C(NC(=O)C1CNCCO1)c1ccc(Cl)cc1.Cl. The molecule has 2 aliphatic rings. The molecule has 1 aliphatic carbocycles. The molecule has 2 fully saturated rings. The van der Waals surface area contributed by atoms with E-state index in [1.54, 1.807) is 0 Å². The fourth-order valence-electron chi connectivity index (χ4n) is 2.90. The summed E-state index contributed by atoms with van der Waals surface area (Å²) in [6.45, 7) is 4.20. The Morgan fingerprint density at radius 1 is 1.41 bits per heavy atom. The molecule has 0 spiro atoms. The van der Waals surface area contributed by atoms with Crippen LogP contribution < -0.4 is 10.6 Å². The molecule has 2 N–H and O–H groups in total. The number of nitrogens with one attached hydrogen (secondary N) is 2. The van der Waals surface area contributed by atoms with Gasteiger partial charge in [0.2, 0.25) is 0 Å². The van der Waals surface area contributed by atoms with Gasteiger partial charge in [0.05, 0.1) is 12.6 Å². The molecule has 1 aromatic carbocycles. The Morgan fingerprint density at radius 2 is 2.09 bits per heavy atom. The van der Waals surface area contributed by atoms with E-state index in [9.17, 15) is 4.79 Å². The highest BCUT2D eigenvalue weighted by molar-refractivity contribution is 6.30. The topological polar surface area (TPSA) is 50.4 Å². The second-order valence-electron chi connectivity index (χ2n) is 5.98. The lowest BCUT2D eigenvalue weighted by Gasteiger charge is -2.26. The summed E-state index contributed by atoms with van der Waals surface area (Å²) in [6.07, 6.45) is 0.764. The maximum absolute atomic E-state index is 12.4. The van der Waals surface area contributed by atoms with Crippen LogP contribution in [0.2, 0.25) is 5.02 Å². The molecule has 1 aromatic rings. The zero-order chi connectivity index (χ0) is 14.8. The van der Waals surface area contributed by atoms with Crippen LogP contribution in [0.5, 0.6) is 0 Å². The third kappa shape index (κ3) is 4.13. The lowest BCUT2D eigenvalue weighted by Crippen LogP contribution is -2.48. The van der Waals surface area contributed by atoms with E-state index in [0.29, 0.717) is 30.0 Å². The van der Waals surface area contributed by atoms with Crippen molar-refractivity contribution in [3.63, 3.8) is 0 Å². The van der Waals surface area contributed by atoms with Gasteiger partial charge in [0.25, 0.3) is 5.91 Å². The fraction of sp³-hybridized carbons (Fsp3) is 0.562. The molecule has 122 valence electrons. The van der Waals surface area contributed by atoms with E-state index in [0.717, 1.165) is 18.5 Å². The number of carbonyl (C=O) groups is 1. The molecule has 4 atom stereocenters. The van der Waals surface area contributed by atoms with Crippen LogP contribution in [0.25, 0.3) is 0 Å². The third-order valence-electron chi connectivity index (χ3n) is 4.35. The maximum Gasteiger partial charge on any atom is 0.250 e. The lowest BCUT2D eigenvalue weighted by molar-refractivity contribution is -0.135. The first-order valence-electron chi connectivity index (χ1n) is 7.53. The molecule has 1 aliphatic heterocycles. The molecule has 0 bridgehead atoms. The first-order valence-corrected chi connectivity index (χ1v) is 7.91. The Hall–Kier alpha value is -0.810. The third-order valence-corrected chi connectivity index (χ3v) is 4.60. The predicted octanol–water partition coefficient (Wildman–Crippen LogP) is 2.56. The van der Waals surface area contributed by atoms with E-state index in [2.05, 4.69) is 17.6 Å². The van der Waals surface area contributed by atoms with Crippen LogP contribution in [0.1, 0.15) is 24.9 Å². The van der Waals surface area contributed by atoms with Gasteiger partial charge in [-0.05, 0) is 36.0 Å². The number of amides is 1. The zero-order valence-corrected chi connectivity index (χ0v) is 14.1. The van der Waals surface area contributed by atoms with Crippen LogP contribution in [0, 0.1) is 11.8 Å². The Kier molecular flexibility index (Phi) is 6.09. The molecule has 1 heterocycles. The summed E-state index contributed by atoms with van der Waals surface area (Å²) >= 11 is 5.95. The van der Waals surface area contributed by atoms with Gasteiger partial charge in [0.15, 0.2) is 0 Å². The van der Waals surface area contributed by atoms with Crippen molar-refractivity contribution >= 4 is 29.9 Å². The summed E-state index contributed by atoms with van der Waals surface area (Å²) in [6, 6.07) is 7.80. The Balaban J connectivity index is 0.00000176. The summed E-state index contributed by atoms with van der Waals surface area (Å²) in [5, 5.41) is 7.07. The van der Waals surface area contributed by atoms with Crippen LogP contribution in [-0.4, -0.2) is 31.7 Å². The van der Waals surface area contributed by atoms with E-state index in [1.165, 1.54) is 0 Å². The molecule has 4 unspecified atom stereocenters. The molecule has 22 heavy (non-hydrogen) atoms. The summed E-state index contributed by atoms with van der Waals surface area (Å²) in [5.74, 6) is 1.13. The molecular formula is C16H22Cl2N2O2. The van der Waals surface area contributed by atoms with Gasteiger partial charge in [-0.15, -0.1) is 12.4 Å². The first-order chi connectivity index (χ1) is 10.1. The van der Waals surface area contributed by atoms with Crippen LogP contribution in [0.4, 0.5) is 0 Å². The molecule has 1 saturated carbocycles. The van der Waals surface area contributed by atoms with Crippen molar-refractivity contribution in [2.24, 2.45) is 11.8 Å². The van der Waals surface area contributed by atoms with Gasteiger partial charge in [-0.3, -0.25) is 4.79 Å². The van der Waals surface area contributed by atoms with Crippen molar-refractivity contribution in [3.05, 3.63) is 34.9 Å². The average molecular weight is 345 g/mol. The number of hydrogen-bond donors (Lipinski definition) is 2. The molecule has 3 rings (SSSR count). The lowest BCUT2D eigenvalue weighted by atomic mass is 10.0. The second-order valence-corrected chi connectivity index (χ2v) is 6.41. The van der Waals surface area contributed by atoms with Crippen molar-refractivity contribution in [1.82, 2.24) is 10.6 Å². The number of ether oxygens (including phenoxy) is 1. The smallest absolute Gasteiger partial charge is 0.250 e. The van der Waals surface area contributed by atoms with E-state index >= 15 is 0 Å². The Bertz CT molecular complexity index is 503. The monoisotopic (exact) mass is 344 g/mol. The van der Waals surface area contributed by atoms with Crippen molar-refractivity contribution in [2.45, 2.75) is 25.5 Å². The highest BCUT2D eigenvalue weighted by Crippen LogP contribution is 2.47. The summed E-state index contributed by atoms with van der Waals surface area (Å²) in [5.41, 5.74) is 1.12. The standard InChI is InChI=1S/C16H21ClN2O2.ClH/c1-10-8-13(10)15(11-2-4-12(17)5-3-11)19-16(20)14-9-18-6-7-21-14;/h2-5,10,13-15,18H,6-9H2,1H3,(H,19,20);1H. The minimum absolute atomic E-state index is 0. The van der Waals surface area contributed by atoms with E-state index < -0.39 is 0 Å². The van der Waals surface area contributed by atoms with Gasteiger partial charge in [-0.25, -0.2) is 0 Å². The Labute approximate surface area is 142 Å². The molecule has 1 saturated heterocycles. The summed E-state index contributed by atoms with van der Waals surface area (Å²) < 4.78 is 5.53. The molecule has 0 radical (unpaired) electrons. The molecule has 4 nitrogen and oxygen atoms in total. The van der Waals surface area contributed by atoms with E-state index in [1.807, 2.05) is 24.3 Å². The summed E-state index contributed by atoms with van der Waals surface area (Å²) in [7, 11) is 0. The minimum Gasteiger partial charge on any atom is -0.366 e. The number of benzene rings is 1. The van der Waals surface area contributed by atoms with E-state index in [4.69, 9.17) is 16.3 Å². The van der Waals surface area contributed by atoms with Gasteiger partial charge in [0.1, 0.15) is 6.10 Å². The van der Waals surface area contributed by atoms with Gasteiger partial charge in [0, 0.05) is 18.1 Å². The first kappa shape index (κ1) is 17.5. The molecule has 0 aromatic heterocycles. The average Bonchev–Trinajstić information content (AvgIpc) is 3.23. The van der Waals surface area contributed by atoms with Crippen LogP contribution in [0.3, 0.4) is 0 Å². The van der Waals surface area contributed by atoms with Crippen molar-refractivity contribution in [2.75, 3.05) is 19.7 Å². The molecular weight excluding hydrogens is 323 g/mol. The van der Waals surface area contributed by atoms with Gasteiger partial charge >= 0.3 is 0 Å². The molecule has 1 amide bonds. The highest BCUT2D eigenvalue weighted by atomic mass is 35.5. The zero-order valence-electron chi connectivity index (χ0n) is 12.5. The fourth-order valence-corrected chi connectivity index (χ4v) is 3.03. The number of hydrogen-bond acceptors (Lipinski definition) is 3. The normalized spacial score (nSPS) is 28.4. The number of rotatable bonds is 4. The second kappa shape index (κ2) is 7.64. The number of halogens is 2. The van der Waals surface area contributed by atoms with Crippen LogP contribution >= 0.6 is 24.0 Å². The van der Waals surface area contributed by atoms with Gasteiger partial charge in [-0.2, -0.15) is 0 Å². The highest BCUT2D eigenvalue weighted by Gasteiger charge is 2.41. The Morgan fingerprint density at radius 3 is 2.64 bits per heavy atom. The largest absolute Gasteiger partial charge is 0.366 e.